The van der Waals surface area contributed by atoms with E-state index in [1.807, 2.05) is 0 Å². The van der Waals surface area contributed by atoms with Gasteiger partial charge in [0.05, 0.1) is 6.26 Å². The van der Waals surface area contributed by atoms with E-state index in [1.54, 1.807) is 0 Å². The van der Waals surface area contributed by atoms with Crippen molar-refractivity contribution >= 4 is 16.1 Å². The second kappa shape index (κ2) is 4.50. The maximum Gasteiger partial charge on any atom is 0.333 e. The fourth-order valence-electron chi connectivity index (χ4n) is 0.918. The molecule has 0 unspecified atom stereocenters. The van der Waals surface area contributed by atoms with E-state index >= 15 is 0 Å². The molecule has 7 heteroatoms. The fourth-order valence-corrected chi connectivity index (χ4v) is 1.54. The highest BCUT2D eigenvalue weighted by molar-refractivity contribution is 7.85. The summed E-state index contributed by atoms with van der Waals surface area (Å²) < 4.78 is 39.9. The second-order valence-electron chi connectivity index (χ2n) is 3.04. The Morgan fingerprint density at radius 2 is 2.25 bits per heavy atom. The summed E-state index contributed by atoms with van der Waals surface area (Å²) in [6.45, 7) is 4.42. The zero-order valence-corrected chi connectivity index (χ0v) is 9.28. The van der Waals surface area contributed by atoms with Crippen molar-refractivity contribution in [2.24, 2.45) is 0 Å². The predicted octanol–water partition coefficient (Wildman–Crippen LogP) is 1.15. The van der Waals surface area contributed by atoms with Crippen LogP contribution in [0.5, 0.6) is 0 Å². The SMILES string of the molecule is C=C(C)C(=O)OCc1occc1S(=O)(=O)O. The van der Waals surface area contributed by atoms with Gasteiger partial charge in [0, 0.05) is 5.57 Å². The zero-order valence-electron chi connectivity index (χ0n) is 8.47. The Bertz CT molecular complexity index is 510. The summed E-state index contributed by atoms with van der Waals surface area (Å²) >= 11 is 0. The number of ether oxygens (including phenoxy) is 1. The van der Waals surface area contributed by atoms with E-state index in [2.05, 4.69) is 11.3 Å². The molecule has 0 spiro atoms. The maximum atomic E-state index is 11.0. The number of carbonyl (C=O) groups excluding carboxylic acids is 1. The molecule has 1 N–H and O–H groups in total. The van der Waals surface area contributed by atoms with Crippen LogP contribution in [0.25, 0.3) is 0 Å². The maximum absolute atomic E-state index is 11.0. The molecule has 0 aliphatic rings. The summed E-state index contributed by atoms with van der Waals surface area (Å²) in [4.78, 5) is 10.6. The van der Waals surface area contributed by atoms with Gasteiger partial charge in [0.1, 0.15) is 4.90 Å². The molecule has 0 bridgehead atoms. The van der Waals surface area contributed by atoms with Crippen molar-refractivity contribution in [1.82, 2.24) is 0 Å². The fraction of sp³-hybridized carbons (Fsp3) is 0.222. The molecule has 0 aliphatic carbocycles. The lowest BCUT2D eigenvalue weighted by atomic mass is 10.4. The Labute approximate surface area is 92.3 Å². The molecule has 0 aromatic carbocycles. The van der Waals surface area contributed by atoms with Crippen LogP contribution < -0.4 is 0 Å². The minimum atomic E-state index is -4.37. The Hall–Kier alpha value is -1.60. The molecule has 0 saturated heterocycles. The lowest BCUT2D eigenvalue weighted by molar-refractivity contribution is -0.140. The van der Waals surface area contributed by atoms with E-state index in [-0.39, 0.29) is 17.9 Å². The summed E-state index contributed by atoms with van der Waals surface area (Å²) in [5, 5.41) is 0. The molecule has 88 valence electrons. The molecule has 0 atom stereocenters. The first-order chi connectivity index (χ1) is 7.32. The van der Waals surface area contributed by atoms with Crippen molar-refractivity contribution < 1.29 is 26.9 Å². The number of carbonyl (C=O) groups is 1. The zero-order chi connectivity index (χ0) is 12.3. The molecule has 16 heavy (non-hydrogen) atoms. The number of esters is 1. The number of hydrogen-bond acceptors (Lipinski definition) is 5. The van der Waals surface area contributed by atoms with Gasteiger partial charge in [0.2, 0.25) is 0 Å². The van der Waals surface area contributed by atoms with E-state index in [1.165, 1.54) is 6.92 Å². The third kappa shape index (κ3) is 2.94. The van der Waals surface area contributed by atoms with Gasteiger partial charge in [-0.05, 0) is 13.0 Å². The quantitative estimate of drug-likeness (QED) is 0.486. The summed E-state index contributed by atoms with van der Waals surface area (Å²) in [6.07, 6.45) is 1.08. The molecule has 6 nitrogen and oxygen atoms in total. The molecule has 1 heterocycles. The Kier molecular flexibility index (Phi) is 3.51. The average molecular weight is 246 g/mol. The van der Waals surface area contributed by atoms with Crippen LogP contribution in [0.4, 0.5) is 0 Å². The van der Waals surface area contributed by atoms with E-state index < -0.39 is 21.0 Å². The molecule has 1 aromatic heterocycles. The minimum Gasteiger partial charge on any atom is -0.464 e. The van der Waals surface area contributed by atoms with Crippen molar-refractivity contribution in [2.75, 3.05) is 0 Å². The van der Waals surface area contributed by atoms with Crippen LogP contribution in [0.15, 0.2) is 33.8 Å². The minimum absolute atomic E-state index is 0.142. The molecular weight excluding hydrogens is 236 g/mol. The van der Waals surface area contributed by atoms with Crippen molar-refractivity contribution in [2.45, 2.75) is 18.4 Å². The van der Waals surface area contributed by atoms with Crippen molar-refractivity contribution in [3.8, 4) is 0 Å². The molecule has 0 aliphatic heterocycles. The van der Waals surface area contributed by atoms with Gasteiger partial charge >= 0.3 is 5.97 Å². The van der Waals surface area contributed by atoms with E-state index in [0.29, 0.717) is 0 Å². The number of furan rings is 1. The Balaban J connectivity index is 2.80. The van der Waals surface area contributed by atoms with Crippen LogP contribution in [0, 0.1) is 0 Å². The van der Waals surface area contributed by atoms with Crippen molar-refractivity contribution in [1.29, 1.82) is 0 Å². The molecule has 0 amide bonds. The molecule has 0 radical (unpaired) electrons. The van der Waals surface area contributed by atoms with Crippen LogP contribution in [-0.4, -0.2) is 18.9 Å². The smallest absolute Gasteiger partial charge is 0.333 e. The molecule has 1 aromatic rings. The standard InChI is InChI=1S/C9H10O6S/c1-6(2)9(10)15-5-7-8(3-4-14-7)16(11,12)13/h3-4H,1,5H2,2H3,(H,11,12,13). The first-order valence-corrected chi connectivity index (χ1v) is 5.63. The number of rotatable bonds is 4. The van der Waals surface area contributed by atoms with Gasteiger partial charge in [0.25, 0.3) is 10.1 Å². The van der Waals surface area contributed by atoms with Crippen LogP contribution >= 0.6 is 0 Å². The first kappa shape index (κ1) is 12.5. The van der Waals surface area contributed by atoms with Crippen LogP contribution in [0.1, 0.15) is 12.7 Å². The third-order valence-electron chi connectivity index (χ3n) is 1.67. The summed E-state index contributed by atoms with van der Waals surface area (Å²) in [7, 11) is -4.37. The van der Waals surface area contributed by atoms with Crippen LogP contribution in [0.3, 0.4) is 0 Å². The van der Waals surface area contributed by atoms with Crippen LogP contribution in [-0.2, 0) is 26.3 Å². The molecule has 0 saturated carbocycles. The van der Waals surface area contributed by atoms with Crippen molar-refractivity contribution in [3.63, 3.8) is 0 Å². The van der Waals surface area contributed by atoms with Gasteiger partial charge < -0.3 is 9.15 Å². The highest BCUT2D eigenvalue weighted by Gasteiger charge is 2.19. The Morgan fingerprint density at radius 3 is 2.75 bits per heavy atom. The van der Waals surface area contributed by atoms with E-state index in [0.717, 1.165) is 12.3 Å². The second-order valence-corrected chi connectivity index (χ2v) is 4.43. The average Bonchev–Trinajstić information content (AvgIpc) is 2.60. The normalized spacial score (nSPS) is 11.1. The predicted molar refractivity (Wildman–Crippen MR) is 53.1 cm³/mol. The van der Waals surface area contributed by atoms with Gasteiger partial charge in [-0.25, -0.2) is 4.79 Å². The monoisotopic (exact) mass is 246 g/mol. The Morgan fingerprint density at radius 1 is 1.62 bits per heavy atom. The van der Waals surface area contributed by atoms with Gasteiger partial charge in [0.15, 0.2) is 12.4 Å². The molecule has 1 rings (SSSR count). The van der Waals surface area contributed by atoms with Crippen molar-refractivity contribution in [3.05, 3.63) is 30.2 Å². The topological polar surface area (TPSA) is 93.8 Å². The lowest BCUT2D eigenvalue weighted by Crippen LogP contribution is -2.07. The van der Waals surface area contributed by atoms with E-state index in [9.17, 15) is 13.2 Å². The van der Waals surface area contributed by atoms with Gasteiger partial charge in [-0.1, -0.05) is 6.58 Å². The van der Waals surface area contributed by atoms with Crippen LogP contribution in [0.2, 0.25) is 0 Å². The highest BCUT2D eigenvalue weighted by Crippen LogP contribution is 2.17. The molecular formula is C9H10O6S. The van der Waals surface area contributed by atoms with Gasteiger partial charge in [-0.2, -0.15) is 8.42 Å². The third-order valence-corrected chi connectivity index (χ3v) is 2.58. The first-order valence-electron chi connectivity index (χ1n) is 4.19. The largest absolute Gasteiger partial charge is 0.464 e. The van der Waals surface area contributed by atoms with Gasteiger partial charge in [-0.3, -0.25) is 4.55 Å². The summed E-state index contributed by atoms with van der Waals surface area (Å²) in [5.74, 6) is -0.810. The highest BCUT2D eigenvalue weighted by atomic mass is 32.2. The number of hydrogen-bond donors (Lipinski definition) is 1. The summed E-state index contributed by atoms with van der Waals surface area (Å²) in [6, 6.07) is 1.07. The van der Waals surface area contributed by atoms with E-state index in [4.69, 9.17) is 8.97 Å². The molecule has 0 fully saturated rings. The summed E-state index contributed by atoms with van der Waals surface area (Å²) in [5.41, 5.74) is 0.181. The lowest BCUT2D eigenvalue weighted by Gasteiger charge is -2.02. The van der Waals surface area contributed by atoms with Gasteiger partial charge in [-0.15, -0.1) is 0 Å².